The number of alkyl halides is 1. The van der Waals surface area contributed by atoms with E-state index in [1.54, 1.807) is 14.2 Å². The Morgan fingerprint density at radius 1 is 0.886 bits per heavy atom. The highest BCUT2D eigenvalue weighted by molar-refractivity contribution is 9.09. The first-order chi connectivity index (χ1) is 20.5. The lowest BCUT2D eigenvalue weighted by molar-refractivity contribution is -0.246. The number of unbranched alkanes of at least 4 members (excludes halogenated alkanes) is 6. The zero-order chi connectivity index (χ0) is 31.8. The number of carbonyl (C=O) groups excluding carboxylic acids is 1. The molecule has 3 aliphatic carbocycles. The molecule has 0 amide bonds. The minimum atomic E-state index is -0.746. The Kier molecular flexibility index (Phi) is 15.4. The number of halogens is 1. The van der Waals surface area contributed by atoms with Gasteiger partial charge in [0.15, 0.2) is 11.6 Å². The number of ether oxygens (including phenoxy) is 4. The molecule has 2 fully saturated rings. The number of benzene rings is 1. The van der Waals surface area contributed by atoms with E-state index in [2.05, 4.69) is 28.9 Å². The fourth-order valence-corrected chi connectivity index (χ4v) is 8.55. The Balaban J connectivity index is 0.00000220. The van der Waals surface area contributed by atoms with Crippen molar-refractivity contribution in [2.45, 2.75) is 157 Å². The molecular weight excluding hydrogens is 616 g/mol. The molecule has 0 saturated heterocycles. The van der Waals surface area contributed by atoms with Crippen LogP contribution in [0.3, 0.4) is 0 Å². The molecule has 44 heavy (non-hydrogen) atoms. The third kappa shape index (κ3) is 9.10. The number of ketones is 1. The van der Waals surface area contributed by atoms with E-state index in [0.29, 0.717) is 29.3 Å². The van der Waals surface area contributed by atoms with Crippen LogP contribution in [0.2, 0.25) is 0 Å². The van der Waals surface area contributed by atoms with E-state index in [-0.39, 0.29) is 24.9 Å². The second-order valence-electron chi connectivity index (χ2n) is 14.0. The molecule has 1 aromatic rings. The van der Waals surface area contributed by atoms with Crippen molar-refractivity contribution in [2.24, 2.45) is 23.2 Å². The highest BCUT2D eigenvalue weighted by Crippen LogP contribution is 2.63. The number of carbonyl (C=O) groups is 1. The molecule has 4 rings (SSSR count). The van der Waals surface area contributed by atoms with Crippen LogP contribution in [-0.4, -0.2) is 43.0 Å². The quantitative estimate of drug-likeness (QED) is 0.105. The molecule has 0 aliphatic heterocycles. The van der Waals surface area contributed by atoms with E-state index in [4.69, 9.17) is 18.9 Å². The van der Waals surface area contributed by atoms with Gasteiger partial charge in [0.05, 0.1) is 6.10 Å². The minimum absolute atomic E-state index is 0. The van der Waals surface area contributed by atoms with Gasteiger partial charge >= 0.3 is 0 Å². The average molecular weight is 682 g/mol. The van der Waals surface area contributed by atoms with Crippen molar-refractivity contribution in [3.63, 3.8) is 0 Å². The molecule has 0 N–H and O–H groups in total. The van der Waals surface area contributed by atoms with E-state index in [1.165, 1.54) is 44.1 Å². The predicted molar refractivity (Wildman–Crippen MR) is 187 cm³/mol. The number of hydrogen-bond donors (Lipinski definition) is 0. The summed E-state index contributed by atoms with van der Waals surface area (Å²) in [6.45, 7) is 14.3. The first kappa shape index (κ1) is 39.2. The Morgan fingerprint density at radius 2 is 1.50 bits per heavy atom. The van der Waals surface area contributed by atoms with Crippen molar-refractivity contribution in [3.05, 3.63) is 29.3 Å². The van der Waals surface area contributed by atoms with Gasteiger partial charge in [-0.2, -0.15) is 0 Å². The molecule has 6 atom stereocenters. The van der Waals surface area contributed by atoms with Crippen molar-refractivity contribution in [3.8, 4) is 5.75 Å². The normalized spacial score (nSPS) is 27.8. The highest BCUT2D eigenvalue weighted by Gasteiger charge is 2.59. The lowest BCUT2D eigenvalue weighted by Gasteiger charge is -2.53. The number of hydrogen-bond acceptors (Lipinski definition) is 5. The predicted octanol–water partition coefficient (Wildman–Crippen LogP) is 11.1. The summed E-state index contributed by atoms with van der Waals surface area (Å²) in [7, 11) is 3.38. The van der Waals surface area contributed by atoms with Crippen LogP contribution >= 0.6 is 15.9 Å². The van der Waals surface area contributed by atoms with Gasteiger partial charge in [0.2, 0.25) is 5.79 Å². The summed E-state index contributed by atoms with van der Waals surface area (Å²) in [5.74, 6) is 1.01. The van der Waals surface area contributed by atoms with Crippen LogP contribution in [0.1, 0.15) is 155 Å². The Bertz CT molecular complexity index is 1020. The summed E-state index contributed by atoms with van der Waals surface area (Å²) in [5.41, 5.74) is 2.17. The van der Waals surface area contributed by atoms with E-state index in [0.717, 1.165) is 49.4 Å². The first-order valence-corrected chi connectivity index (χ1v) is 18.3. The summed E-state index contributed by atoms with van der Waals surface area (Å²) in [6, 6.07) is 6.21. The largest absolute Gasteiger partial charge is 0.463 e. The van der Waals surface area contributed by atoms with Crippen LogP contribution in [0.25, 0.3) is 0 Å². The Hall–Kier alpha value is -0.950. The van der Waals surface area contributed by atoms with Gasteiger partial charge in [-0.3, -0.25) is 4.79 Å². The number of fused-ring (bicyclic) bond motifs is 5. The minimum Gasteiger partial charge on any atom is -0.463 e. The summed E-state index contributed by atoms with van der Waals surface area (Å²) in [4.78, 5) is 14.4. The molecule has 6 heteroatoms. The SMILES string of the molecule is C.CC.COC(C)(C)Oc1ccc2c(c1)C(=O)C(CCCCCCCCCBr)C1C2CC[C@@]2(C)C1CC[C@@H]2OC(C)(C)OC. The van der Waals surface area contributed by atoms with Gasteiger partial charge in [0, 0.05) is 44.9 Å². The van der Waals surface area contributed by atoms with Crippen molar-refractivity contribution in [1.82, 2.24) is 0 Å². The second kappa shape index (κ2) is 17.3. The summed E-state index contributed by atoms with van der Waals surface area (Å²) >= 11 is 3.54. The molecule has 4 unspecified atom stereocenters. The zero-order valence-electron chi connectivity index (χ0n) is 28.7. The van der Waals surface area contributed by atoms with Crippen LogP contribution < -0.4 is 4.74 Å². The molecule has 5 nitrogen and oxygen atoms in total. The van der Waals surface area contributed by atoms with Crippen molar-refractivity contribution in [2.75, 3.05) is 19.5 Å². The summed E-state index contributed by atoms with van der Waals surface area (Å²) < 4.78 is 23.9. The topological polar surface area (TPSA) is 54.0 Å². The van der Waals surface area contributed by atoms with Gasteiger partial charge in [0.1, 0.15) is 5.75 Å². The van der Waals surface area contributed by atoms with Gasteiger partial charge in [-0.25, -0.2) is 0 Å². The van der Waals surface area contributed by atoms with Crippen LogP contribution in [0.5, 0.6) is 5.75 Å². The van der Waals surface area contributed by atoms with Gasteiger partial charge in [0.25, 0.3) is 0 Å². The van der Waals surface area contributed by atoms with Crippen LogP contribution in [0.4, 0.5) is 0 Å². The second-order valence-corrected chi connectivity index (χ2v) is 14.8. The summed E-state index contributed by atoms with van der Waals surface area (Å²) in [6.07, 6.45) is 14.3. The lowest BCUT2D eigenvalue weighted by atomic mass is 9.51. The molecule has 0 radical (unpaired) electrons. The molecular formula is C38H65BrO5. The smallest absolute Gasteiger partial charge is 0.204 e. The number of Topliss-reactive ketones (excluding diaryl/α,β-unsaturated/α-hetero) is 1. The maximum absolute atomic E-state index is 14.4. The van der Waals surface area contributed by atoms with E-state index >= 15 is 0 Å². The van der Waals surface area contributed by atoms with Crippen molar-refractivity contribution < 1.29 is 23.7 Å². The third-order valence-electron chi connectivity index (χ3n) is 10.7. The van der Waals surface area contributed by atoms with E-state index in [9.17, 15) is 4.79 Å². The fraction of sp³-hybridized carbons (Fsp3) is 0.816. The Labute approximate surface area is 279 Å². The van der Waals surface area contributed by atoms with E-state index in [1.807, 2.05) is 53.7 Å². The average Bonchev–Trinajstić information content (AvgIpc) is 3.31. The van der Waals surface area contributed by atoms with Crippen molar-refractivity contribution >= 4 is 21.7 Å². The van der Waals surface area contributed by atoms with Gasteiger partial charge in [-0.1, -0.05) is 88.7 Å². The van der Waals surface area contributed by atoms with Crippen molar-refractivity contribution in [1.29, 1.82) is 0 Å². The molecule has 0 aromatic heterocycles. The standard InChI is InChI=1S/C35H55BrO5.C2H6.CH4/c1-33(2,38-6)40-24-16-17-25-26-20-21-35(5)29(18-19-30(35)41-34(3,4)39-7)31(26)27(32(37)28(25)23-24)15-13-11-9-8-10-12-14-22-36;1-2;/h16-17,23,26-27,29-31H,8-15,18-22H2,1-7H3;1-2H3;1H4/t26?,27?,29?,30-,31?,35-;;/m0../s1. The molecule has 0 bridgehead atoms. The van der Waals surface area contributed by atoms with Gasteiger partial charge in [-0.15, -0.1) is 0 Å². The van der Waals surface area contributed by atoms with Crippen LogP contribution in [0, 0.1) is 23.2 Å². The number of methoxy groups -OCH3 is 2. The Morgan fingerprint density at radius 3 is 2.11 bits per heavy atom. The third-order valence-corrected chi connectivity index (χ3v) is 11.2. The molecule has 0 spiro atoms. The van der Waals surface area contributed by atoms with Crippen LogP contribution in [-0.2, 0) is 14.2 Å². The highest BCUT2D eigenvalue weighted by atomic mass is 79.9. The molecule has 3 aliphatic rings. The molecule has 2 saturated carbocycles. The molecule has 254 valence electrons. The summed E-state index contributed by atoms with van der Waals surface area (Å²) in [5, 5.41) is 1.10. The van der Waals surface area contributed by atoms with E-state index < -0.39 is 11.6 Å². The number of rotatable bonds is 15. The van der Waals surface area contributed by atoms with Gasteiger partial charge in [-0.05, 0) is 93.2 Å². The maximum Gasteiger partial charge on any atom is 0.204 e. The van der Waals surface area contributed by atoms with Gasteiger partial charge < -0.3 is 18.9 Å². The fourth-order valence-electron chi connectivity index (χ4n) is 8.16. The maximum atomic E-state index is 14.4. The van der Waals surface area contributed by atoms with Crippen LogP contribution in [0.15, 0.2) is 18.2 Å². The zero-order valence-corrected chi connectivity index (χ0v) is 30.3. The monoisotopic (exact) mass is 680 g/mol. The lowest BCUT2D eigenvalue weighted by Crippen LogP contribution is -2.50. The molecule has 1 aromatic carbocycles. The first-order valence-electron chi connectivity index (χ1n) is 17.2. The molecule has 0 heterocycles.